The molecule has 0 aliphatic rings. The van der Waals surface area contributed by atoms with Crippen molar-refractivity contribution in [3.05, 3.63) is 101 Å². The van der Waals surface area contributed by atoms with Gasteiger partial charge in [-0.2, -0.15) is 8.42 Å². The van der Waals surface area contributed by atoms with Crippen LogP contribution in [0.2, 0.25) is 0 Å². The lowest BCUT2D eigenvalue weighted by atomic mass is 10.0. The molecule has 3 aromatic carbocycles. The average Bonchev–Trinajstić information content (AvgIpc) is 2.76. The van der Waals surface area contributed by atoms with Gasteiger partial charge >= 0.3 is 0 Å². The number of hydrogen-bond donors (Lipinski definition) is 3. The molecule has 4 N–H and O–H groups in total. The SMILES string of the molecule is CS(=O)(=O)O.C[C@@H](CN)NCc1ccc(OCc2cccc(F)c2)c(Cc2cccc(F)c2)c1. The number of benzene rings is 3. The summed E-state index contributed by atoms with van der Waals surface area (Å²) in [5.74, 6) is 0.148. The van der Waals surface area contributed by atoms with Gasteiger partial charge < -0.3 is 15.8 Å². The Kier molecular flexibility index (Phi) is 10.6. The highest BCUT2D eigenvalue weighted by Crippen LogP contribution is 2.25. The molecule has 0 aromatic heterocycles. The summed E-state index contributed by atoms with van der Waals surface area (Å²) < 4.78 is 58.9. The Morgan fingerprint density at radius 1 is 0.971 bits per heavy atom. The lowest BCUT2D eigenvalue weighted by Gasteiger charge is -2.16. The predicted molar refractivity (Wildman–Crippen MR) is 129 cm³/mol. The minimum absolute atomic E-state index is 0.213. The first kappa shape index (κ1) is 27.4. The van der Waals surface area contributed by atoms with Crippen LogP contribution in [0.25, 0.3) is 0 Å². The van der Waals surface area contributed by atoms with Crippen molar-refractivity contribution in [2.24, 2.45) is 5.73 Å². The fourth-order valence-electron chi connectivity index (χ4n) is 3.05. The van der Waals surface area contributed by atoms with Crippen molar-refractivity contribution in [2.45, 2.75) is 32.5 Å². The normalized spacial score (nSPS) is 11.9. The second-order valence-electron chi connectivity index (χ2n) is 7.92. The second-order valence-corrected chi connectivity index (χ2v) is 9.38. The van der Waals surface area contributed by atoms with E-state index in [4.69, 9.17) is 15.0 Å². The third kappa shape index (κ3) is 10.8. The Balaban J connectivity index is 0.000000739. The van der Waals surface area contributed by atoms with Gasteiger partial charge in [0.25, 0.3) is 10.1 Å². The largest absolute Gasteiger partial charge is 0.489 e. The van der Waals surface area contributed by atoms with Gasteiger partial charge in [-0.05, 0) is 59.5 Å². The summed E-state index contributed by atoms with van der Waals surface area (Å²) in [6.45, 7) is 3.53. The monoisotopic (exact) mass is 492 g/mol. The van der Waals surface area contributed by atoms with Crippen molar-refractivity contribution in [3.8, 4) is 5.75 Å². The molecule has 0 heterocycles. The zero-order valence-electron chi connectivity index (χ0n) is 19.2. The summed E-state index contributed by atoms with van der Waals surface area (Å²) in [4.78, 5) is 0. The van der Waals surface area contributed by atoms with Gasteiger partial charge in [0.2, 0.25) is 0 Å². The van der Waals surface area contributed by atoms with Gasteiger partial charge in [-0.25, -0.2) is 8.78 Å². The van der Waals surface area contributed by atoms with Gasteiger partial charge in [-0.3, -0.25) is 4.55 Å². The molecule has 0 saturated heterocycles. The van der Waals surface area contributed by atoms with Crippen molar-refractivity contribution in [1.82, 2.24) is 5.32 Å². The third-order valence-corrected chi connectivity index (χ3v) is 4.70. The van der Waals surface area contributed by atoms with Gasteiger partial charge in [-0.1, -0.05) is 36.4 Å². The van der Waals surface area contributed by atoms with E-state index in [-0.39, 0.29) is 24.3 Å². The quantitative estimate of drug-likeness (QED) is 0.389. The van der Waals surface area contributed by atoms with E-state index in [9.17, 15) is 17.2 Å². The fraction of sp³-hybridized carbons (Fsp3) is 0.280. The highest BCUT2D eigenvalue weighted by molar-refractivity contribution is 7.85. The molecule has 0 spiro atoms. The molecule has 0 bridgehead atoms. The molecule has 34 heavy (non-hydrogen) atoms. The summed E-state index contributed by atoms with van der Waals surface area (Å²) in [5.41, 5.74) is 9.33. The Labute approximate surface area is 199 Å². The molecule has 0 amide bonds. The molecule has 0 aliphatic heterocycles. The molecule has 0 fully saturated rings. The van der Waals surface area contributed by atoms with E-state index in [0.29, 0.717) is 31.5 Å². The van der Waals surface area contributed by atoms with Crippen LogP contribution in [0, 0.1) is 11.6 Å². The maximum Gasteiger partial charge on any atom is 0.261 e. The molecule has 0 radical (unpaired) electrons. The van der Waals surface area contributed by atoms with Gasteiger partial charge in [0.15, 0.2) is 0 Å². The topological polar surface area (TPSA) is 102 Å². The summed E-state index contributed by atoms with van der Waals surface area (Å²) in [6.07, 6.45) is 1.25. The molecule has 0 unspecified atom stereocenters. The summed E-state index contributed by atoms with van der Waals surface area (Å²) in [5, 5.41) is 3.36. The van der Waals surface area contributed by atoms with Crippen LogP contribution in [0.15, 0.2) is 66.7 Å². The summed E-state index contributed by atoms with van der Waals surface area (Å²) in [7, 11) is -3.67. The number of halogens is 2. The molecule has 0 aliphatic carbocycles. The first-order chi connectivity index (χ1) is 16.0. The standard InChI is InChI=1S/C24H26F2N2O.CH4O3S/c1-17(14-27)28-15-19-8-9-24(29-16-20-5-3-7-23(26)13-20)21(11-19)10-18-4-2-6-22(25)12-18;1-5(2,3)4/h2-9,11-13,17,28H,10,14-16,27H2,1H3;1H3,(H,2,3,4)/t17-;/m0./s1. The van der Waals surface area contributed by atoms with E-state index in [1.54, 1.807) is 12.1 Å². The average molecular weight is 493 g/mol. The van der Waals surface area contributed by atoms with Crippen LogP contribution in [-0.2, 0) is 29.7 Å². The van der Waals surface area contributed by atoms with E-state index in [0.717, 1.165) is 22.3 Å². The Morgan fingerprint density at radius 2 is 1.56 bits per heavy atom. The number of nitrogens with one attached hydrogen (secondary N) is 1. The molecular formula is C25H30F2N2O4S. The predicted octanol–water partition coefficient (Wildman–Crippen LogP) is 4.08. The Hall–Kier alpha value is -2.85. The smallest absolute Gasteiger partial charge is 0.261 e. The number of hydrogen-bond acceptors (Lipinski definition) is 5. The first-order valence-corrected chi connectivity index (χ1v) is 12.5. The van der Waals surface area contributed by atoms with Crippen LogP contribution in [0.3, 0.4) is 0 Å². The van der Waals surface area contributed by atoms with E-state index in [2.05, 4.69) is 11.4 Å². The van der Waals surface area contributed by atoms with E-state index >= 15 is 0 Å². The molecule has 3 rings (SSSR count). The molecule has 9 heteroatoms. The van der Waals surface area contributed by atoms with Crippen LogP contribution in [0.1, 0.15) is 29.2 Å². The van der Waals surface area contributed by atoms with Gasteiger partial charge in [0.05, 0.1) is 6.26 Å². The molecule has 0 saturated carbocycles. The molecular weight excluding hydrogens is 462 g/mol. The number of rotatable bonds is 9. The van der Waals surface area contributed by atoms with Crippen molar-refractivity contribution in [3.63, 3.8) is 0 Å². The van der Waals surface area contributed by atoms with E-state index in [1.807, 2.05) is 31.2 Å². The van der Waals surface area contributed by atoms with Gasteiger partial charge in [0, 0.05) is 25.6 Å². The molecule has 184 valence electrons. The highest BCUT2D eigenvalue weighted by atomic mass is 32.2. The van der Waals surface area contributed by atoms with Crippen LogP contribution in [0.5, 0.6) is 5.75 Å². The van der Waals surface area contributed by atoms with E-state index in [1.165, 1.54) is 24.3 Å². The van der Waals surface area contributed by atoms with Crippen molar-refractivity contribution in [2.75, 3.05) is 12.8 Å². The third-order valence-electron chi connectivity index (χ3n) is 4.70. The van der Waals surface area contributed by atoms with Crippen molar-refractivity contribution in [1.29, 1.82) is 0 Å². The molecule has 1 atom stereocenters. The van der Waals surface area contributed by atoms with Crippen LogP contribution >= 0.6 is 0 Å². The lowest BCUT2D eigenvalue weighted by molar-refractivity contribution is 0.302. The van der Waals surface area contributed by atoms with Crippen LogP contribution in [-0.4, -0.2) is 31.8 Å². The lowest BCUT2D eigenvalue weighted by Crippen LogP contribution is -2.32. The molecule has 6 nitrogen and oxygen atoms in total. The maximum absolute atomic E-state index is 13.6. The van der Waals surface area contributed by atoms with E-state index < -0.39 is 10.1 Å². The summed E-state index contributed by atoms with van der Waals surface area (Å²) in [6, 6.07) is 19.1. The minimum atomic E-state index is -3.67. The fourth-order valence-corrected chi connectivity index (χ4v) is 3.05. The zero-order valence-corrected chi connectivity index (χ0v) is 20.0. The van der Waals surface area contributed by atoms with Gasteiger partial charge in [0.1, 0.15) is 24.0 Å². The van der Waals surface area contributed by atoms with Gasteiger partial charge in [-0.15, -0.1) is 0 Å². The second kappa shape index (κ2) is 13.1. The van der Waals surface area contributed by atoms with Crippen LogP contribution in [0.4, 0.5) is 8.78 Å². The maximum atomic E-state index is 13.6. The molecule has 3 aromatic rings. The van der Waals surface area contributed by atoms with Crippen LogP contribution < -0.4 is 15.8 Å². The first-order valence-electron chi connectivity index (χ1n) is 10.6. The minimum Gasteiger partial charge on any atom is -0.489 e. The van der Waals surface area contributed by atoms with Crippen molar-refractivity contribution >= 4 is 10.1 Å². The number of ether oxygens (including phenoxy) is 1. The zero-order chi connectivity index (χ0) is 25.1. The number of nitrogens with two attached hydrogens (primary N) is 1. The van der Waals surface area contributed by atoms with Crippen molar-refractivity contribution < 1.29 is 26.5 Å². The Bertz CT molecular complexity index is 1170. The highest BCUT2D eigenvalue weighted by Gasteiger charge is 2.09. The summed E-state index contributed by atoms with van der Waals surface area (Å²) >= 11 is 0. The Morgan fingerprint density at radius 3 is 2.15 bits per heavy atom.